The number of ether oxygens (including phenoxy) is 1. The highest BCUT2D eigenvalue weighted by Gasteiger charge is 2.40. The molecule has 2 rings (SSSR count). The Morgan fingerprint density at radius 3 is 2.88 bits per heavy atom. The predicted octanol–water partition coefficient (Wildman–Crippen LogP) is 3.05. The van der Waals surface area contributed by atoms with E-state index in [-0.39, 0.29) is 5.54 Å². The number of carbonyl (C=O) groups excluding carboxylic acids is 1. The Morgan fingerprint density at radius 2 is 2.24 bits per heavy atom. The van der Waals surface area contributed by atoms with E-state index in [0.29, 0.717) is 11.8 Å². The summed E-state index contributed by atoms with van der Waals surface area (Å²) in [6.07, 6.45) is 5.32. The van der Waals surface area contributed by atoms with Gasteiger partial charge in [0.25, 0.3) is 0 Å². The lowest BCUT2D eigenvalue weighted by atomic mass is 9.82. The quantitative estimate of drug-likeness (QED) is 0.782. The zero-order valence-electron chi connectivity index (χ0n) is 10.1. The van der Waals surface area contributed by atoms with Gasteiger partial charge in [0.2, 0.25) is 0 Å². The third-order valence-corrected chi connectivity index (χ3v) is 4.23. The fourth-order valence-corrected chi connectivity index (χ4v) is 3.35. The minimum Gasteiger partial charge on any atom is -0.450 e. The highest BCUT2D eigenvalue weighted by Crippen LogP contribution is 2.46. The van der Waals surface area contributed by atoms with Gasteiger partial charge in [0.05, 0.1) is 12.1 Å². The van der Waals surface area contributed by atoms with E-state index in [4.69, 9.17) is 4.74 Å². The van der Waals surface area contributed by atoms with Crippen LogP contribution in [0, 0.1) is 0 Å². The van der Waals surface area contributed by atoms with Gasteiger partial charge in [-0.2, -0.15) is 0 Å². The van der Waals surface area contributed by atoms with Crippen LogP contribution in [-0.4, -0.2) is 23.4 Å². The van der Waals surface area contributed by atoms with Crippen LogP contribution >= 0.6 is 11.8 Å². The molecule has 1 heterocycles. The van der Waals surface area contributed by atoms with Crippen molar-refractivity contribution in [3.8, 4) is 0 Å². The zero-order chi connectivity index (χ0) is 12.3. The molecule has 1 saturated carbocycles. The molecular formula is C12H18N2O2S. The second-order valence-electron chi connectivity index (χ2n) is 4.38. The van der Waals surface area contributed by atoms with Crippen LogP contribution in [0.15, 0.2) is 16.5 Å². The van der Waals surface area contributed by atoms with Crippen LogP contribution in [0.25, 0.3) is 0 Å². The molecule has 1 aliphatic carbocycles. The number of thioether (sulfide) groups is 1. The van der Waals surface area contributed by atoms with Gasteiger partial charge in [-0.15, -0.1) is 0 Å². The molecule has 0 atom stereocenters. The van der Waals surface area contributed by atoms with Crippen LogP contribution in [0.3, 0.4) is 0 Å². The van der Waals surface area contributed by atoms with Crippen LogP contribution < -0.4 is 5.32 Å². The molecule has 17 heavy (non-hydrogen) atoms. The number of hydrogen-bond donors (Lipinski definition) is 1. The van der Waals surface area contributed by atoms with Crippen molar-refractivity contribution in [1.29, 1.82) is 0 Å². The lowest BCUT2D eigenvalue weighted by Crippen LogP contribution is -2.30. The summed E-state index contributed by atoms with van der Waals surface area (Å²) >= 11 is 1.47. The van der Waals surface area contributed by atoms with Crippen molar-refractivity contribution in [1.82, 2.24) is 5.32 Å². The predicted molar refractivity (Wildman–Crippen MR) is 70.1 cm³/mol. The van der Waals surface area contributed by atoms with Crippen LogP contribution in [-0.2, 0) is 4.74 Å². The van der Waals surface area contributed by atoms with Crippen molar-refractivity contribution < 1.29 is 9.53 Å². The molecule has 0 aromatic heterocycles. The molecule has 2 aliphatic rings. The molecule has 1 spiro atoms. The molecule has 5 heteroatoms. The van der Waals surface area contributed by atoms with Crippen LogP contribution in [0.5, 0.6) is 0 Å². The highest BCUT2D eigenvalue weighted by atomic mass is 32.2. The standard InChI is InChI=1S/C12H18N2O2S/c1-3-16-11(15)13-10-14-12(9(2)17-10)7-5-4-6-8-12/h2-8H2,1H3,(H,13,14,15). The number of amides is 1. The fourth-order valence-electron chi connectivity index (χ4n) is 2.33. The maximum atomic E-state index is 11.3. The fraction of sp³-hybridized carbons (Fsp3) is 0.667. The van der Waals surface area contributed by atoms with E-state index in [9.17, 15) is 4.79 Å². The van der Waals surface area contributed by atoms with Crippen molar-refractivity contribution in [3.05, 3.63) is 11.5 Å². The summed E-state index contributed by atoms with van der Waals surface area (Å²) in [5, 5.41) is 3.31. The second kappa shape index (κ2) is 5.12. The van der Waals surface area contributed by atoms with Crippen molar-refractivity contribution in [2.24, 2.45) is 4.99 Å². The molecule has 0 aromatic carbocycles. The molecule has 0 radical (unpaired) electrons. The monoisotopic (exact) mass is 254 g/mol. The van der Waals surface area contributed by atoms with E-state index in [1.165, 1.54) is 31.0 Å². The SMILES string of the molecule is C=C1SC(NC(=O)OCC)=NC12CCCCC2. The zero-order valence-corrected chi connectivity index (χ0v) is 10.9. The van der Waals surface area contributed by atoms with E-state index in [0.717, 1.165) is 17.7 Å². The van der Waals surface area contributed by atoms with Crippen molar-refractivity contribution in [3.63, 3.8) is 0 Å². The first-order valence-corrected chi connectivity index (χ1v) is 6.89. The summed E-state index contributed by atoms with van der Waals surface area (Å²) in [7, 11) is 0. The summed E-state index contributed by atoms with van der Waals surface area (Å²) in [5.41, 5.74) is -0.127. The Labute approximate surface area is 106 Å². The number of hydrogen-bond acceptors (Lipinski definition) is 4. The summed E-state index contributed by atoms with van der Waals surface area (Å²) in [4.78, 5) is 17.0. The number of carbonyl (C=O) groups is 1. The maximum absolute atomic E-state index is 11.3. The Balaban J connectivity index is 2.03. The van der Waals surface area contributed by atoms with E-state index < -0.39 is 6.09 Å². The van der Waals surface area contributed by atoms with Crippen molar-refractivity contribution in [2.75, 3.05) is 6.61 Å². The molecule has 1 aliphatic heterocycles. The second-order valence-corrected chi connectivity index (χ2v) is 5.46. The number of alkyl carbamates (subject to hydrolysis) is 1. The van der Waals surface area contributed by atoms with E-state index in [1.807, 2.05) is 0 Å². The Morgan fingerprint density at radius 1 is 1.53 bits per heavy atom. The van der Waals surface area contributed by atoms with Gasteiger partial charge < -0.3 is 4.74 Å². The van der Waals surface area contributed by atoms with Crippen LogP contribution in [0.1, 0.15) is 39.0 Å². The lowest BCUT2D eigenvalue weighted by molar-refractivity contribution is 0.158. The van der Waals surface area contributed by atoms with Gasteiger partial charge in [-0.05, 0) is 19.8 Å². The minimum atomic E-state index is -0.431. The molecule has 1 amide bonds. The molecule has 0 saturated heterocycles. The maximum Gasteiger partial charge on any atom is 0.413 e. The average Bonchev–Trinajstić information content (AvgIpc) is 2.56. The smallest absolute Gasteiger partial charge is 0.413 e. The van der Waals surface area contributed by atoms with Gasteiger partial charge in [0.1, 0.15) is 0 Å². The normalized spacial score (nSPS) is 22.4. The topological polar surface area (TPSA) is 50.7 Å². The molecule has 0 aromatic rings. The molecule has 4 nitrogen and oxygen atoms in total. The summed E-state index contributed by atoms with van der Waals surface area (Å²) in [6.45, 7) is 6.24. The average molecular weight is 254 g/mol. The van der Waals surface area contributed by atoms with Gasteiger partial charge in [-0.1, -0.05) is 37.6 Å². The molecule has 94 valence electrons. The van der Waals surface area contributed by atoms with Gasteiger partial charge in [0.15, 0.2) is 5.17 Å². The largest absolute Gasteiger partial charge is 0.450 e. The van der Waals surface area contributed by atoms with Gasteiger partial charge in [-0.3, -0.25) is 5.32 Å². The summed E-state index contributed by atoms with van der Waals surface area (Å²) in [6, 6.07) is 0. The van der Waals surface area contributed by atoms with Crippen LogP contribution in [0.2, 0.25) is 0 Å². The van der Waals surface area contributed by atoms with Crippen LogP contribution in [0.4, 0.5) is 4.79 Å². The molecular weight excluding hydrogens is 236 g/mol. The third-order valence-electron chi connectivity index (χ3n) is 3.22. The summed E-state index contributed by atoms with van der Waals surface area (Å²) < 4.78 is 4.84. The number of nitrogens with one attached hydrogen (secondary N) is 1. The first-order chi connectivity index (χ1) is 8.16. The number of rotatable bonds is 1. The Bertz CT molecular complexity index is 360. The summed E-state index contributed by atoms with van der Waals surface area (Å²) in [5.74, 6) is 0. The van der Waals surface area contributed by atoms with E-state index >= 15 is 0 Å². The van der Waals surface area contributed by atoms with Gasteiger partial charge in [0, 0.05) is 4.91 Å². The van der Waals surface area contributed by atoms with E-state index in [2.05, 4.69) is 16.9 Å². The third kappa shape index (κ3) is 2.65. The minimum absolute atomic E-state index is 0.127. The molecule has 0 bridgehead atoms. The lowest BCUT2D eigenvalue weighted by Gasteiger charge is -2.30. The Kier molecular flexibility index (Phi) is 3.76. The van der Waals surface area contributed by atoms with Gasteiger partial charge >= 0.3 is 6.09 Å². The van der Waals surface area contributed by atoms with E-state index in [1.54, 1.807) is 6.92 Å². The van der Waals surface area contributed by atoms with Gasteiger partial charge in [-0.25, -0.2) is 9.79 Å². The molecule has 1 fully saturated rings. The Hall–Kier alpha value is -0.970. The molecule has 0 unspecified atom stereocenters. The molecule has 1 N–H and O–H groups in total. The number of aliphatic imine (C=N–C) groups is 1. The number of nitrogens with zero attached hydrogens (tertiary/aromatic N) is 1. The van der Waals surface area contributed by atoms with Crippen molar-refractivity contribution in [2.45, 2.75) is 44.6 Å². The van der Waals surface area contributed by atoms with Crippen molar-refractivity contribution >= 4 is 23.0 Å². The highest BCUT2D eigenvalue weighted by molar-refractivity contribution is 8.17. The first-order valence-electron chi connectivity index (χ1n) is 6.07. The first kappa shape index (κ1) is 12.5. The number of amidine groups is 1.